The third kappa shape index (κ3) is 3.98. The predicted molar refractivity (Wildman–Crippen MR) is 99.4 cm³/mol. The molecule has 0 aliphatic carbocycles. The molecule has 3 aromatic rings. The summed E-state index contributed by atoms with van der Waals surface area (Å²) in [4.78, 5) is 4.43. The largest absolute Gasteiger partial charge is 0.496 e. The van der Waals surface area contributed by atoms with E-state index >= 15 is 0 Å². The molecular formula is C17H13BrFN3OS. The van der Waals surface area contributed by atoms with Gasteiger partial charge in [-0.3, -0.25) is 5.43 Å². The maximum atomic E-state index is 13.0. The summed E-state index contributed by atoms with van der Waals surface area (Å²) in [5.74, 6) is 0.506. The lowest BCUT2D eigenvalue weighted by atomic mass is 10.2. The molecule has 0 atom stereocenters. The fraction of sp³-hybridized carbons (Fsp3) is 0.0588. The first-order valence-electron chi connectivity index (χ1n) is 7.00. The van der Waals surface area contributed by atoms with Crippen LogP contribution in [0.3, 0.4) is 0 Å². The Balaban J connectivity index is 1.67. The lowest BCUT2D eigenvalue weighted by Gasteiger charge is -2.03. The Hall–Kier alpha value is -2.25. The standard InChI is InChI=1S/C17H13BrFN3OS/c1-23-16-7-2-11(8-14(16)18)9-20-22-17-21-15(10-24-17)12-3-5-13(19)6-4-12/h2-10H,1H3,(H,21,22)/b20-9+. The number of halogens is 2. The Labute approximate surface area is 151 Å². The van der Waals surface area contributed by atoms with Gasteiger partial charge in [0, 0.05) is 10.9 Å². The summed E-state index contributed by atoms with van der Waals surface area (Å²) in [6.07, 6.45) is 1.70. The highest BCUT2D eigenvalue weighted by molar-refractivity contribution is 9.10. The molecule has 0 bridgehead atoms. The third-order valence-electron chi connectivity index (χ3n) is 3.19. The molecule has 1 heterocycles. The van der Waals surface area contributed by atoms with Crippen molar-refractivity contribution < 1.29 is 9.13 Å². The molecule has 0 radical (unpaired) electrons. The molecule has 0 saturated carbocycles. The molecule has 122 valence electrons. The van der Waals surface area contributed by atoms with Crippen LogP contribution in [0.4, 0.5) is 9.52 Å². The molecule has 24 heavy (non-hydrogen) atoms. The van der Waals surface area contributed by atoms with E-state index in [0.29, 0.717) is 5.13 Å². The normalized spacial score (nSPS) is 11.0. The number of rotatable bonds is 5. The van der Waals surface area contributed by atoms with Crippen molar-refractivity contribution in [2.75, 3.05) is 12.5 Å². The van der Waals surface area contributed by atoms with Crippen LogP contribution < -0.4 is 10.2 Å². The summed E-state index contributed by atoms with van der Waals surface area (Å²) in [6.45, 7) is 0. The number of hydrazone groups is 1. The number of anilines is 1. The van der Waals surface area contributed by atoms with Crippen LogP contribution in [0.15, 0.2) is 57.4 Å². The van der Waals surface area contributed by atoms with Crippen molar-refractivity contribution in [3.8, 4) is 17.0 Å². The Morgan fingerprint density at radius 3 is 2.75 bits per heavy atom. The number of benzene rings is 2. The van der Waals surface area contributed by atoms with Crippen molar-refractivity contribution >= 4 is 38.6 Å². The first-order valence-corrected chi connectivity index (χ1v) is 8.67. The monoisotopic (exact) mass is 405 g/mol. The molecule has 1 aromatic heterocycles. The highest BCUT2D eigenvalue weighted by Crippen LogP contribution is 2.26. The van der Waals surface area contributed by atoms with Crippen molar-refractivity contribution in [2.24, 2.45) is 5.10 Å². The molecule has 4 nitrogen and oxygen atoms in total. The lowest BCUT2D eigenvalue weighted by molar-refractivity contribution is 0.412. The van der Waals surface area contributed by atoms with Crippen LogP contribution in [0.1, 0.15) is 5.56 Å². The van der Waals surface area contributed by atoms with E-state index < -0.39 is 0 Å². The maximum Gasteiger partial charge on any atom is 0.203 e. The van der Waals surface area contributed by atoms with Gasteiger partial charge in [0.05, 0.1) is 23.5 Å². The van der Waals surface area contributed by atoms with Crippen LogP contribution in [0.25, 0.3) is 11.3 Å². The van der Waals surface area contributed by atoms with E-state index in [1.54, 1.807) is 25.5 Å². The summed E-state index contributed by atoms with van der Waals surface area (Å²) in [6, 6.07) is 11.9. The number of hydrogen-bond acceptors (Lipinski definition) is 5. The first kappa shape index (κ1) is 16.6. The minimum absolute atomic E-state index is 0.261. The molecule has 0 unspecified atom stereocenters. The van der Waals surface area contributed by atoms with E-state index in [-0.39, 0.29) is 5.82 Å². The van der Waals surface area contributed by atoms with Crippen molar-refractivity contribution in [3.63, 3.8) is 0 Å². The van der Waals surface area contributed by atoms with Crippen LogP contribution in [0.2, 0.25) is 0 Å². The fourth-order valence-corrected chi connectivity index (χ4v) is 3.23. The molecule has 3 rings (SSSR count). The van der Waals surface area contributed by atoms with Crippen LogP contribution in [-0.2, 0) is 0 Å². The summed E-state index contributed by atoms with van der Waals surface area (Å²) in [5.41, 5.74) is 5.47. The number of ether oxygens (including phenoxy) is 1. The van der Waals surface area contributed by atoms with Crippen LogP contribution >= 0.6 is 27.3 Å². The highest BCUT2D eigenvalue weighted by Gasteiger charge is 2.04. The van der Waals surface area contributed by atoms with Crippen LogP contribution in [-0.4, -0.2) is 18.3 Å². The zero-order valence-corrected chi connectivity index (χ0v) is 15.1. The van der Waals surface area contributed by atoms with E-state index in [1.165, 1.54) is 23.5 Å². The quantitative estimate of drug-likeness (QED) is 0.470. The van der Waals surface area contributed by atoms with Crippen LogP contribution in [0, 0.1) is 5.82 Å². The fourth-order valence-electron chi connectivity index (χ4n) is 2.00. The number of aromatic nitrogens is 1. The van der Waals surface area contributed by atoms with Gasteiger partial charge in [0.2, 0.25) is 5.13 Å². The average Bonchev–Trinajstić information content (AvgIpc) is 3.04. The Bertz CT molecular complexity index is 865. The zero-order chi connectivity index (χ0) is 16.9. The van der Waals surface area contributed by atoms with Gasteiger partial charge in [-0.2, -0.15) is 5.10 Å². The smallest absolute Gasteiger partial charge is 0.203 e. The van der Waals surface area contributed by atoms with E-state index in [0.717, 1.165) is 27.0 Å². The van der Waals surface area contributed by atoms with Crippen molar-refractivity contribution in [1.29, 1.82) is 0 Å². The maximum absolute atomic E-state index is 13.0. The molecule has 0 aliphatic rings. The number of thiazole rings is 1. The topological polar surface area (TPSA) is 46.5 Å². The summed E-state index contributed by atoms with van der Waals surface area (Å²) < 4.78 is 19.0. The SMILES string of the molecule is COc1ccc(/C=N/Nc2nc(-c3ccc(F)cc3)cs2)cc1Br. The lowest BCUT2D eigenvalue weighted by Crippen LogP contribution is -1.91. The molecular weight excluding hydrogens is 393 g/mol. The van der Waals surface area contributed by atoms with Gasteiger partial charge < -0.3 is 4.74 Å². The molecule has 0 spiro atoms. The van der Waals surface area contributed by atoms with Gasteiger partial charge in [-0.15, -0.1) is 11.3 Å². The van der Waals surface area contributed by atoms with Gasteiger partial charge in [0.15, 0.2) is 0 Å². The van der Waals surface area contributed by atoms with Crippen LogP contribution in [0.5, 0.6) is 5.75 Å². The van der Waals surface area contributed by atoms with Gasteiger partial charge >= 0.3 is 0 Å². The molecule has 0 aliphatic heterocycles. The minimum Gasteiger partial charge on any atom is -0.496 e. The summed E-state index contributed by atoms with van der Waals surface area (Å²) >= 11 is 4.87. The van der Waals surface area contributed by atoms with Gasteiger partial charge in [-0.25, -0.2) is 9.37 Å². The summed E-state index contributed by atoms with van der Waals surface area (Å²) in [7, 11) is 1.62. The van der Waals surface area contributed by atoms with E-state index in [9.17, 15) is 4.39 Å². The predicted octanol–water partition coefficient (Wildman–Crippen LogP) is 5.17. The summed E-state index contributed by atoms with van der Waals surface area (Å²) in [5, 5.41) is 6.74. The molecule has 1 N–H and O–H groups in total. The number of methoxy groups -OCH3 is 1. The number of nitrogens with one attached hydrogen (secondary N) is 1. The van der Waals surface area contributed by atoms with E-state index in [1.807, 2.05) is 23.6 Å². The van der Waals surface area contributed by atoms with E-state index in [4.69, 9.17) is 4.74 Å². The second kappa shape index (κ2) is 7.55. The zero-order valence-electron chi connectivity index (χ0n) is 12.7. The molecule has 0 amide bonds. The Kier molecular flexibility index (Phi) is 5.22. The Morgan fingerprint density at radius 1 is 1.25 bits per heavy atom. The Morgan fingerprint density at radius 2 is 2.04 bits per heavy atom. The van der Waals surface area contributed by atoms with Crippen molar-refractivity contribution in [3.05, 3.63) is 63.7 Å². The second-order valence-electron chi connectivity index (χ2n) is 4.81. The molecule has 0 saturated heterocycles. The molecule has 7 heteroatoms. The second-order valence-corrected chi connectivity index (χ2v) is 6.52. The molecule has 0 fully saturated rings. The van der Waals surface area contributed by atoms with Gasteiger partial charge in [-0.1, -0.05) is 0 Å². The third-order valence-corrected chi connectivity index (χ3v) is 4.56. The van der Waals surface area contributed by atoms with Crippen molar-refractivity contribution in [1.82, 2.24) is 4.98 Å². The van der Waals surface area contributed by atoms with Gasteiger partial charge in [-0.05, 0) is 64.0 Å². The highest BCUT2D eigenvalue weighted by atomic mass is 79.9. The number of hydrogen-bond donors (Lipinski definition) is 1. The number of nitrogens with zero attached hydrogens (tertiary/aromatic N) is 2. The van der Waals surface area contributed by atoms with Crippen molar-refractivity contribution in [2.45, 2.75) is 0 Å². The van der Waals surface area contributed by atoms with Gasteiger partial charge in [0.1, 0.15) is 11.6 Å². The minimum atomic E-state index is -0.261. The molecule has 2 aromatic carbocycles. The van der Waals surface area contributed by atoms with E-state index in [2.05, 4.69) is 31.4 Å². The van der Waals surface area contributed by atoms with Gasteiger partial charge in [0.25, 0.3) is 0 Å². The average molecular weight is 406 g/mol. The first-order chi connectivity index (χ1) is 11.7.